The molecule has 1 aliphatic rings. The number of fused-ring (bicyclic) bond motifs is 3. The molecule has 0 aliphatic heterocycles. The van der Waals surface area contributed by atoms with Crippen LogP contribution in [0.4, 0.5) is 4.79 Å². The minimum atomic E-state index is -0.636. The van der Waals surface area contributed by atoms with Gasteiger partial charge >= 0.3 is 6.09 Å². The number of hydrogen-bond donors (Lipinski definition) is 2. The zero-order valence-corrected chi connectivity index (χ0v) is 13.2. The predicted molar refractivity (Wildman–Crippen MR) is 88.2 cm³/mol. The number of carbonyl (C=O) groups excluding carboxylic acids is 2. The van der Waals surface area contributed by atoms with Crippen LogP contribution in [0.3, 0.4) is 0 Å². The summed E-state index contributed by atoms with van der Waals surface area (Å²) >= 11 is 0. The lowest BCUT2D eigenvalue weighted by molar-refractivity contribution is -0.130. The third kappa shape index (κ3) is 3.23. The van der Waals surface area contributed by atoms with Gasteiger partial charge in [0, 0.05) is 5.92 Å². The van der Waals surface area contributed by atoms with Gasteiger partial charge in [0.15, 0.2) is 0 Å². The molecular weight excluding hydrogens is 308 g/mol. The Hall–Kier alpha value is -2.86. The van der Waals surface area contributed by atoms with E-state index in [9.17, 15) is 9.59 Å². The zero-order valence-electron chi connectivity index (χ0n) is 13.2. The molecular formula is C18H18N2O4. The molecule has 24 heavy (non-hydrogen) atoms. The van der Waals surface area contributed by atoms with Crippen LogP contribution in [0.5, 0.6) is 0 Å². The Bertz CT molecular complexity index is 715. The van der Waals surface area contributed by atoms with E-state index in [1.54, 1.807) is 0 Å². The topological polar surface area (TPSA) is 76.7 Å². The van der Waals surface area contributed by atoms with Gasteiger partial charge in [-0.15, -0.1) is 0 Å². The Morgan fingerprint density at radius 3 is 2.17 bits per heavy atom. The summed E-state index contributed by atoms with van der Waals surface area (Å²) in [7, 11) is 1.32. The van der Waals surface area contributed by atoms with Crippen molar-refractivity contribution in [1.29, 1.82) is 0 Å². The number of nitrogens with one attached hydrogen (secondary N) is 2. The van der Waals surface area contributed by atoms with Crippen LogP contribution in [-0.2, 0) is 14.4 Å². The number of rotatable bonds is 5. The van der Waals surface area contributed by atoms with Crippen molar-refractivity contribution < 1.29 is 19.2 Å². The van der Waals surface area contributed by atoms with Gasteiger partial charge in [-0.05, 0) is 22.3 Å². The average Bonchev–Trinajstić information content (AvgIpc) is 2.92. The highest BCUT2D eigenvalue weighted by Crippen LogP contribution is 2.44. The first-order chi connectivity index (χ1) is 11.7. The molecule has 1 aliphatic carbocycles. The Balaban J connectivity index is 1.65. The molecule has 3 rings (SSSR count). The highest BCUT2D eigenvalue weighted by molar-refractivity contribution is 5.81. The van der Waals surface area contributed by atoms with Crippen molar-refractivity contribution in [2.24, 2.45) is 0 Å². The van der Waals surface area contributed by atoms with Gasteiger partial charge in [0.2, 0.25) is 0 Å². The third-order valence-corrected chi connectivity index (χ3v) is 3.95. The Labute approximate surface area is 139 Å². The van der Waals surface area contributed by atoms with E-state index in [-0.39, 0.29) is 19.1 Å². The van der Waals surface area contributed by atoms with Crippen LogP contribution < -0.4 is 10.8 Å². The highest BCUT2D eigenvalue weighted by Gasteiger charge is 2.28. The number of benzene rings is 2. The van der Waals surface area contributed by atoms with Gasteiger partial charge in [0.05, 0.1) is 7.11 Å². The van der Waals surface area contributed by atoms with Crippen molar-refractivity contribution in [2.75, 3.05) is 20.3 Å². The molecule has 2 aromatic carbocycles. The maximum atomic E-state index is 11.8. The lowest BCUT2D eigenvalue weighted by Crippen LogP contribution is -2.37. The number of alkyl carbamates (subject to hydrolysis) is 1. The third-order valence-electron chi connectivity index (χ3n) is 3.95. The van der Waals surface area contributed by atoms with Crippen LogP contribution in [0.2, 0.25) is 0 Å². The molecule has 0 bridgehead atoms. The van der Waals surface area contributed by atoms with Gasteiger partial charge < -0.3 is 10.1 Å². The average molecular weight is 326 g/mol. The van der Waals surface area contributed by atoms with Crippen molar-refractivity contribution in [1.82, 2.24) is 10.8 Å². The van der Waals surface area contributed by atoms with Crippen molar-refractivity contribution in [3.8, 4) is 11.1 Å². The molecule has 2 aromatic rings. The fraction of sp³-hybridized carbons (Fsp3) is 0.222. The molecule has 6 heteroatoms. The van der Waals surface area contributed by atoms with Crippen molar-refractivity contribution in [2.45, 2.75) is 5.92 Å². The second-order valence-electron chi connectivity index (χ2n) is 5.41. The molecule has 0 atom stereocenters. The lowest BCUT2D eigenvalue weighted by atomic mass is 9.98. The number of carbonyl (C=O) groups is 2. The van der Waals surface area contributed by atoms with Crippen LogP contribution in [0, 0.1) is 0 Å². The summed E-state index contributed by atoms with van der Waals surface area (Å²) in [6.07, 6.45) is -0.636. The van der Waals surface area contributed by atoms with Gasteiger partial charge in [-0.1, -0.05) is 48.5 Å². The van der Waals surface area contributed by atoms with Crippen LogP contribution >= 0.6 is 0 Å². The number of ether oxygens (including phenoxy) is 1. The Kier molecular flexibility index (Phi) is 4.77. The Morgan fingerprint density at radius 2 is 1.58 bits per heavy atom. The van der Waals surface area contributed by atoms with Gasteiger partial charge in [0.25, 0.3) is 5.91 Å². The number of amides is 2. The standard InChI is InChI=1S/C18H18N2O4/c1-23-20-17(21)10-19-18(22)24-11-16-14-8-4-2-6-12(14)13-7-3-5-9-15(13)16/h2-9,16H,10-11H2,1H3,(H,19,22)(H,20,21). The Morgan fingerprint density at radius 1 is 1.00 bits per heavy atom. The van der Waals surface area contributed by atoms with E-state index < -0.39 is 12.0 Å². The minimum Gasteiger partial charge on any atom is -0.449 e. The molecule has 6 nitrogen and oxygen atoms in total. The molecule has 0 saturated heterocycles. The molecule has 0 saturated carbocycles. The maximum Gasteiger partial charge on any atom is 0.407 e. The quantitative estimate of drug-likeness (QED) is 0.826. The fourth-order valence-corrected chi connectivity index (χ4v) is 2.95. The van der Waals surface area contributed by atoms with Crippen molar-refractivity contribution in [3.63, 3.8) is 0 Å². The molecule has 124 valence electrons. The van der Waals surface area contributed by atoms with E-state index in [4.69, 9.17) is 4.74 Å². The first-order valence-electron chi connectivity index (χ1n) is 7.61. The molecule has 0 aromatic heterocycles. The van der Waals surface area contributed by atoms with Crippen LogP contribution in [-0.4, -0.2) is 32.3 Å². The molecule has 0 heterocycles. The summed E-state index contributed by atoms with van der Waals surface area (Å²) < 4.78 is 5.30. The van der Waals surface area contributed by atoms with Crippen molar-refractivity contribution >= 4 is 12.0 Å². The first-order valence-corrected chi connectivity index (χ1v) is 7.61. The second kappa shape index (κ2) is 7.14. The highest BCUT2D eigenvalue weighted by atomic mass is 16.6. The summed E-state index contributed by atoms with van der Waals surface area (Å²) in [6.45, 7) is 0.0102. The van der Waals surface area contributed by atoms with Crippen LogP contribution in [0.15, 0.2) is 48.5 Å². The van der Waals surface area contributed by atoms with E-state index in [0.29, 0.717) is 0 Å². The monoisotopic (exact) mass is 326 g/mol. The molecule has 0 radical (unpaired) electrons. The van der Waals surface area contributed by atoms with Gasteiger partial charge in [0.1, 0.15) is 13.2 Å². The molecule has 2 N–H and O–H groups in total. The summed E-state index contributed by atoms with van der Waals surface area (Å²) in [5.74, 6) is -0.457. The molecule has 0 fully saturated rings. The smallest absolute Gasteiger partial charge is 0.407 e. The number of hydrogen-bond acceptors (Lipinski definition) is 4. The lowest BCUT2D eigenvalue weighted by Gasteiger charge is -2.14. The predicted octanol–water partition coefficient (Wildman–Crippen LogP) is 2.20. The van der Waals surface area contributed by atoms with Crippen molar-refractivity contribution in [3.05, 3.63) is 59.7 Å². The molecule has 0 unspecified atom stereocenters. The SMILES string of the molecule is CONC(=O)CNC(=O)OCC1c2ccccc2-c2ccccc21. The van der Waals surface area contributed by atoms with E-state index in [1.807, 2.05) is 36.4 Å². The van der Waals surface area contributed by atoms with E-state index in [2.05, 4.69) is 27.8 Å². The number of hydroxylamine groups is 1. The van der Waals surface area contributed by atoms with Gasteiger partial charge in [-0.2, -0.15) is 0 Å². The van der Waals surface area contributed by atoms with E-state index >= 15 is 0 Å². The minimum absolute atomic E-state index is 0.00375. The van der Waals surface area contributed by atoms with Crippen LogP contribution in [0.1, 0.15) is 17.0 Å². The normalized spacial score (nSPS) is 12.2. The molecule has 0 spiro atoms. The van der Waals surface area contributed by atoms with Crippen LogP contribution in [0.25, 0.3) is 11.1 Å². The summed E-state index contributed by atoms with van der Waals surface area (Å²) in [6, 6.07) is 16.2. The second-order valence-corrected chi connectivity index (χ2v) is 5.41. The summed E-state index contributed by atoms with van der Waals surface area (Å²) in [4.78, 5) is 27.5. The summed E-state index contributed by atoms with van der Waals surface area (Å²) in [5.41, 5.74) is 6.74. The summed E-state index contributed by atoms with van der Waals surface area (Å²) in [5, 5.41) is 2.39. The largest absolute Gasteiger partial charge is 0.449 e. The van der Waals surface area contributed by atoms with E-state index in [1.165, 1.54) is 18.2 Å². The van der Waals surface area contributed by atoms with Gasteiger partial charge in [-0.3, -0.25) is 9.63 Å². The fourth-order valence-electron chi connectivity index (χ4n) is 2.95. The van der Waals surface area contributed by atoms with Gasteiger partial charge in [-0.25, -0.2) is 10.3 Å². The zero-order chi connectivity index (χ0) is 16.9. The van der Waals surface area contributed by atoms with E-state index in [0.717, 1.165) is 11.1 Å². The maximum absolute atomic E-state index is 11.8. The first kappa shape index (κ1) is 16.0. The molecule has 2 amide bonds.